The third-order valence-electron chi connectivity index (χ3n) is 4.06. The van der Waals surface area contributed by atoms with Crippen molar-refractivity contribution in [3.8, 4) is 0 Å². The lowest BCUT2D eigenvalue weighted by molar-refractivity contribution is -0.121. The largest absolute Gasteiger partial charge is 0.353 e. The van der Waals surface area contributed by atoms with E-state index in [-0.39, 0.29) is 5.91 Å². The molecule has 16 heavy (non-hydrogen) atoms. The lowest BCUT2D eigenvalue weighted by Crippen LogP contribution is -2.47. The second-order valence-electron chi connectivity index (χ2n) is 5.17. The molecule has 1 heterocycles. The molecule has 0 spiro atoms. The maximum Gasteiger partial charge on any atom is 0.219 e. The van der Waals surface area contributed by atoms with Gasteiger partial charge < -0.3 is 10.2 Å². The number of hydrogen-bond acceptors (Lipinski definition) is 2. The lowest BCUT2D eigenvalue weighted by atomic mass is 10.0. The Morgan fingerprint density at radius 3 is 2.38 bits per heavy atom. The van der Waals surface area contributed by atoms with Crippen molar-refractivity contribution in [2.45, 2.75) is 64.0 Å². The van der Waals surface area contributed by atoms with Crippen LogP contribution in [0.1, 0.15) is 51.9 Å². The molecular weight excluding hydrogens is 200 g/mol. The fourth-order valence-electron chi connectivity index (χ4n) is 3.01. The van der Waals surface area contributed by atoms with Crippen LogP contribution in [0.25, 0.3) is 0 Å². The van der Waals surface area contributed by atoms with E-state index in [1.165, 1.54) is 38.8 Å². The number of amides is 1. The predicted molar refractivity (Wildman–Crippen MR) is 65.3 cm³/mol. The summed E-state index contributed by atoms with van der Waals surface area (Å²) >= 11 is 0. The van der Waals surface area contributed by atoms with E-state index >= 15 is 0 Å². The van der Waals surface area contributed by atoms with Crippen molar-refractivity contribution >= 4 is 5.91 Å². The molecule has 1 saturated carbocycles. The Hall–Kier alpha value is -0.570. The fourth-order valence-corrected chi connectivity index (χ4v) is 3.01. The quantitative estimate of drug-likeness (QED) is 0.794. The first-order valence-electron chi connectivity index (χ1n) is 6.83. The van der Waals surface area contributed by atoms with E-state index in [1.807, 2.05) is 6.92 Å². The van der Waals surface area contributed by atoms with Crippen LogP contribution in [0.15, 0.2) is 0 Å². The molecule has 0 aromatic heterocycles. The van der Waals surface area contributed by atoms with Crippen LogP contribution < -0.4 is 5.32 Å². The van der Waals surface area contributed by atoms with Crippen LogP contribution in [-0.2, 0) is 4.79 Å². The molecule has 0 aromatic carbocycles. The summed E-state index contributed by atoms with van der Waals surface area (Å²) in [5.74, 6) is 0.208. The van der Waals surface area contributed by atoms with Gasteiger partial charge in [0.1, 0.15) is 0 Å². The molecule has 2 fully saturated rings. The van der Waals surface area contributed by atoms with Crippen LogP contribution in [0.2, 0.25) is 0 Å². The topological polar surface area (TPSA) is 32.3 Å². The molecule has 0 atom stereocenters. The molecule has 3 nitrogen and oxygen atoms in total. The van der Waals surface area contributed by atoms with E-state index in [9.17, 15) is 4.79 Å². The molecule has 1 aliphatic carbocycles. The zero-order valence-corrected chi connectivity index (χ0v) is 10.4. The first-order chi connectivity index (χ1) is 7.79. The zero-order chi connectivity index (χ0) is 11.4. The number of likely N-dealkylation sites (tertiary alicyclic amines) is 1. The second-order valence-corrected chi connectivity index (χ2v) is 5.17. The van der Waals surface area contributed by atoms with Gasteiger partial charge in [0, 0.05) is 31.6 Å². The van der Waals surface area contributed by atoms with Gasteiger partial charge in [0.15, 0.2) is 0 Å². The molecule has 3 heteroatoms. The third kappa shape index (κ3) is 2.97. The summed E-state index contributed by atoms with van der Waals surface area (Å²) in [5.41, 5.74) is 0. The van der Waals surface area contributed by atoms with E-state index in [0.717, 1.165) is 18.9 Å². The van der Waals surface area contributed by atoms with Crippen LogP contribution >= 0.6 is 0 Å². The average Bonchev–Trinajstić information content (AvgIpc) is 2.83. The van der Waals surface area contributed by atoms with E-state index < -0.39 is 0 Å². The van der Waals surface area contributed by atoms with Crippen LogP contribution in [0.3, 0.4) is 0 Å². The molecule has 0 radical (unpaired) electrons. The SMILES string of the molecule is CCC(=O)NC1CCN(C2CCCC2)CC1. The minimum absolute atomic E-state index is 0.208. The first kappa shape index (κ1) is 11.9. The molecule has 2 aliphatic rings. The third-order valence-corrected chi connectivity index (χ3v) is 4.06. The second kappa shape index (κ2) is 5.67. The Bertz CT molecular complexity index is 228. The maximum atomic E-state index is 11.3. The van der Waals surface area contributed by atoms with Gasteiger partial charge in [-0.05, 0) is 25.7 Å². The summed E-state index contributed by atoms with van der Waals surface area (Å²) in [6.07, 6.45) is 8.51. The van der Waals surface area contributed by atoms with Crippen molar-refractivity contribution in [3.63, 3.8) is 0 Å². The standard InChI is InChI=1S/C13H24N2O/c1-2-13(16)14-11-7-9-15(10-8-11)12-5-3-4-6-12/h11-12H,2-10H2,1H3,(H,14,16). The predicted octanol–water partition coefficient (Wildman–Crippen LogP) is 1.92. The monoisotopic (exact) mass is 224 g/mol. The smallest absolute Gasteiger partial charge is 0.219 e. The van der Waals surface area contributed by atoms with Crippen molar-refractivity contribution in [1.82, 2.24) is 10.2 Å². The molecule has 1 saturated heterocycles. The van der Waals surface area contributed by atoms with Crippen LogP contribution in [-0.4, -0.2) is 36.0 Å². The number of nitrogens with one attached hydrogen (secondary N) is 1. The molecule has 1 aliphatic heterocycles. The van der Waals surface area contributed by atoms with Crippen molar-refractivity contribution in [3.05, 3.63) is 0 Å². The van der Waals surface area contributed by atoms with Gasteiger partial charge in [-0.1, -0.05) is 19.8 Å². The molecule has 92 valence electrons. The Morgan fingerprint density at radius 2 is 1.81 bits per heavy atom. The maximum absolute atomic E-state index is 11.3. The summed E-state index contributed by atoms with van der Waals surface area (Å²) in [5, 5.41) is 3.11. The number of nitrogens with zero attached hydrogens (tertiary/aromatic N) is 1. The van der Waals surface area contributed by atoms with Crippen molar-refractivity contribution < 1.29 is 4.79 Å². The van der Waals surface area contributed by atoms with Gasteiger partial charge in [-0.3, -0.25) is 4.79 Å². The summed E-state index contributed by atoms with van der Waals surface area (Å²) in [6.45, 7) is 4.28. The molecule has 2 rings (SSSR count). The average molecular weight is 224 g/mol. The first-order valence-corrected chi connectivity index (χ1v) is 6.83. The van der Waals surface area contributed by atoms with Crippen molar-refractivity contribution in [1.29, 1.82) is 0 Å². The highest BCUT2D eigenvalue weighted by molar-refractivity contribution is 5.75. The number of piperidine rings is 1. The van der Waals surface area contributed by atoms with Gasteiger partial charge in [0.25, 0.3) is 0 Å². The molecule has 1 N–H and O–H groups in total. The molecule has 1 amide bonds. The zero-order valence-electron chi connectivity index (χ0n) is 10.4. The minimum atomic E-state index is 0.208. The molecule has 0 bridgehead atoms. The lowest BCUT2D eigenvalue weighted by Gasteiger charge is -2.36. The fraction of sp³-hybridized carbons (Fsp3) is 0.923. The highest BCUT2D eigenvalue weighted by Crippen LogP contribution is 2.26. The van der Waals surface area contributed by atoms with Gasteiger partial charge in [0.2, 0.25) is 5.91 Å². The molecule has 0 unspecified atom stereocenters. The Labute approximate surface area is 98.6 Å². The molecular formula is C13H24N2O. The van der Waals surface area contributed by atoms with Gasteiger partial charge in [0.05, 0.1) is 0 Å². The highest BCUT2D eigenvalue weighted by Gasteiger charge is 2.27. The Balaban J connectivity index is 1.71. The minimum Gasteiger partial charge on any atom is -0.353 e. The van der Waals surface area contributed by atoms with Crippen LogP contribution in [0.4, 0.5) is 0 Å². The van der Waals surface area contributed by atoms with Gasteiger partial charge >= 0.3 is 0 Å². The van der Waals surface area contributed by atoms with Crippen molar-refractivity contribution in [2.24, 2.45) is 0 Å². The summed E-state index contributed by atoms with van der Waals surface area (Å²) < 4.78 is 0. The number of rotatable bonds is 3. The summed E-state index contributed by atoms with van der Waals surface area (Å²) in [4.78, 5) is 13.9. The Kier molecular flexibility index (Phi) is 4.22. The van der Waals surface area contributed by atoms with Gasteiger partial charge in [-0.15, -0.1) is 0 Å². The van der Waals surface area contributed by atoms with Crippen LogP contribution in [0.5, 0.6) is 0 Å². The normalized spacial score (nSPS) is 24.8. The van der Waals surface area contributed by atoms with E-state index in [4.69, 9.17) is 0 Å². The number of carbonyl (C=O) groups is 1. The summed E-state index contributed by atoms with van der Waals surface area (Å²) in [6, 6.07) is 1.29. The van der Waals surface area contributed by atoms with E-state index in [1.54, 1.807) is 0 Å². The summed E-state index contributed by atoms with van der Waals surface area (Å²) in [7, 11) is 0. The van der Waals surface area contributed by atoms with Crippen LogP contribution in [0, 0.1) is 0 Å². The number of carbonyl (C=O) groups excluding carboxylic acids is 1. The van der Waals surface area contributed by atoms with E-state index in [2.05, 4.69) is 10.2 Å². The van der Waals surface area contributed by atoms with Crippen molar-refractivity contribution in [2.75, 3.05) is 13.1 Å². The molecule has 0 aromatic rings. The Morgan fingerprint density at radius 1 is 1.19 bits per heavy atom. The van der Waals surface area contributed by atoms with E-state index in [0.29, 0.717) is 12.5 Å². The van der Waals surface area contributed by atoms with Gasteiger partial charge in [-0.25, -0.2) is 0 Å². The van der Waals surface area contributed by atoms with Gasteiger partial charge in [-0.2, -0.15) is 0 Å². The highest BCUT2D eigenvalue weighted by atomic mass is 16.1. The number of hydrogen-bond donors (Lipinski definition) is 1.